The molecule has 0 aliphatic heterocycles. The van der Waals surface area contributed by atoms with Crippen LogP contribution in [0.2, 0.25) is 0 Å². The van der Waals surface area contributed by atoms with Crippen LogP contribution in [0.5, 0.6) is 11.5 Å². The fraction of sp³-hybridized carbons (Fsp3) is 0.182. The maximum absolute atomic E-state index is 10.8. The van der Waals surface area contributed by atoms with Gasteiger partial charge in [-0.1, -0.05) is 0 Å². The third-order valence-corrected chi connectivity index (χ3v) is 1.70. The third-order valence-electron chi connectivity index (χ3n) is 1.70. The van der Waals surface area contributed by atoms with Gasteiger partial charge in [0.15, 0.2) is 11.5 Å². The minimum atomic E-state index is -1.17. The maximum atomic E-state index is 10.8. The number of carboxylic acid groups (broad SMARTS) is 1. The van der Waals surface area contributed by atoms with Gasteiger partial charge in [0, 0.05) is 36.2 Å². The van der Waals surface area contributed by atoms with Crippen molar-refractivity contribution < 1.29 is 51.3 Å². The molecule has 0 aliphatic rings. The Morgan fingerprint density at radius 2 is 1.50 bits per heavy atom. The van der Waals surface area contributed by atoms with Crippen molar-refractivity contribution in [3.63, 3.8) is 0 Å². The molecule has 0 bridgehead atoms. The van der Waals surface area contributed by atoms with E-state index in [-0.39, 0.29) is 39.4 Å². The summed E-state index contributed by atoms with van der Waals surface area (Å²) in [4.78, 5) is 32.3. The van der Waals surface area contributed by atoms with Crippen molar-refractivity contribution in [3.05, 3.63) is 23.8 Å². The Kier molecular flexibility index (Phi) is 6.32. The van der Waals surface area contributed by atoms with Crippen LogP contribution in [0.3, 0.4) is 0 Å². The average Bonchev–Trinajstić information content (AvgIpc) is 2.18. The summed E-state index contributed by atoms with van der Waals surface area (Å²) in [6.45, 7) is 2.34. The second-order valence-corrected chi connectivity index (χ2v) is 3.15. The predicted molar refractivity (Wildman–Crippen MR) is 56.0 cm³/mol. The van der Waals surface area contributed by atoms with Crippen LogP contribution in [0.15, 0.2) is 18.2 Å². The van der Waals surface area contributed by atoms with E-state index in [9.17, 15) is 14.4 Å². The normalized spacial score (nSPS) is 9.00. The van der Waals surface area contributed by atoms with Crippen molar-refractivity contribution in [1.29, 1.82) is 0 Å². The summed E-state index contributed by atoms with van der Waals surface area (Å²) in [6, 6.07) is 3.61. The van der Waals surface area contributed by atoms with Crippen molar-refractivity contribution in [2.75, 3.05) is 0 Å². The first-order chi connectivity index (χ1) is 7.90. The average molecular weight is 346 g/mol. The number of aromatic carboxylic acids is 1. The predicted octanol–water partition coefficient (Wildman–Crippen LogP) is 1.23. The van der Waals surface area contributed by atoms with Crippen LogP contribution in [0, 0.1) is 0 Å². The summed E-state index contributed by atoms with van der Waals surface area (Å²) >= 11 is 0. The van der Waals surface area contributed by atoms with E-state index in [1.54, 1.807) is 0 Å². The molecule has 0 heterocycles. The maximum Gasteiger partial charge on any atom is 0.335 e. The first-order valence-electron chi connectivity index (χ1n) is 4.64. The van der Waals surface area contributed by atoms with Crippen LogP contribution in [-0.4, -0.2) is 23.0 Å². The van der Waals surface area contributed by atoms with Crippen molar-refractivity contribution >= 4 is 17.9 Å². The number of rotatable bonds is 3. The Labute approximate surface area is 118 Å². The second-order valence-electron chi connectivity index (χ2n) is 3.15. The van der Waals surface area contributed by atoms with Gasteiger partial charge in [-0.15, -0.1) is 0 Å². The van der Waals surface area contributed by atoms with Gasteiger partial charge in [0.25, 0.3) is 0 Å². The summed E-state index contributed by atoms with van der Waals surface area (Å²) in [6.07, 6.45) is 0. The van der Waals surface area contributed by atoms with Crippen LogP contribution < -0.4 is 9.47 Å². The number of hydrogen-bond acceptors (Lipinski definition) is 5. The number of benzene rings is 1. The van der Waals surface area contributed by atoms with Crippen LogP contribution in [-0.2, 0) is 32.0 Å². The van der Waals surface area contributed by atoms with Crippen LogP contribution >= 0.6 is 0 Å². The van der Waals surface area contributed by atoms with E-state index in [4.69, 9.17) is 14.6 Å². The van der Waals surface area contributed by atoms with E-state index < -0.39 is 17.9 Å². The first kappa shape index (κ1) is 16.4. The number of carbonyl (C=O) groups is 3. The molecule has 0 saturated heterocycles. The standard InChI is InChI=1S/C11H10O6.Ag/c1-6(12)16-9-4-3-8(11(14)15)5-10(9)17-7(2)13;/h3-5H,1-2H3,(H,14,15);. The van der Waals surface area contributed by atoms with Gasteiger partial charge in [0.2, 0.25) is 0 Å². The van der Waals surface area contributed by atoms with E-state index >= 15 is 0 Å². The number of hydrogen-bond donors (Lipinski definition) is 1. The molecule has 6 nitrogen and oxygen atoms in total. The van der Waals surface area contributed by atoms with Gasteiger partial charge in [-0.2, -0.15) is 0 Å². The van der Waals surface area contributed by atoms with Gasteiger partial charge in [-0.3, -0.25) is 9.59 Å². The van der Waals surface area contributed by atoms with Crippen molar-refractivity contribution in [3.8, 4) is 11.5 Å². The zero-order valence-electron chi connectivity index (χ0n) is 9.52. The molecule has 1 aromatic carbocycles. The number of ether oxygens (including phenoxy) is 2. The van der Waals surface area contributed by atoms with Crippen molar-refractivity contribution in [1.82, 2.24) is 0 Å². The second kappa shape index (κ2) is 6.95. The summed E-state index contributed by atoms with van der Waals surface area (Å²) in [5, 5.41) is 8.77. The van der Waals surface area contributed by atoms with Crippen molar-refractivity contribution in [2.45, 2.75) is 13.8 Å². The van der Waals surface area contributed by atoms with Crippen LogP contribution in [0.25, 0.3) is 0 Å². The van der Waals surface area contributed by atoms with Gasteiger partial charge in [-0.25, -0.2) is 4.79 Å². The molecular formula is C11H10AgO6. The summed E-state index contributed by atoms with van der Waals surface area (Å²) < 4.78 is 9.53. The molecule has 1 radical (unpaired) electrons. The molecule has 18 heavy (non-hydrogen) atoms. The first-order valence-corrected chi connectivity index (χ1v) is 4.64. The van der Waals surface area contributed by atoms with Gasteiger partial charge in [0.05, 0.1) is 5.56 Å². The molecule has 1 N–H and O–H groups in total. The quantitative estimate of drug-likeness (QED) is 0.503. The molecule has 1 rings (SSSR count). The van der Waals surface area contributed by atoms with E-state index in [0.717, 1.165) is 13.0 Å². The molecule has 7 heteroatoms. The zero-order valence-corrected chi connectivity index (χ0v) is 11.0. The van der Waals surface area contributed by atoms with E-state index in [2.05, 4.69) is 0 Å². The molecule has 0 saturated carbocycles. The molecule has 0 aliphatic carbocycles. The van der Waals surface area contributed by atoms with Gasteiger partial charge in [-0.05, 0) is 18.2 Å². The Bertz CT molecular complexity index is 482. The zero-order chi connectivity index (χ0) is 13.0. The molecule has 1 aromatic rings. The molecule has 0 unspecified atom stereocenters. The number of carboxylic acids is 1. The number of esters is 2. The van der Waals surface area contributed by atoms with E-state index in [1.807, 2.05) is 0 Å². The van der Waals surface area contributed by atoms with E-state index in [0.29, 0.717) is 0 Å². The topological polar surface area (TPSA) is 89.9 Å². The van der Waals surface area contributed by atoms with Gasteiger partial charge < -0.3 is 14.6 Å². The minimum absolute atomic E-state index is 0. The smallest absolute Gasteiger partial charge is 0.335 e. The molecule has 0 atom stereocenters. The Hall–Kier alpha value is -1.63. The molecular weight excluding hydrogens is 336 g/mol. The largest absolute Gasteiger partial charge is 0.478 e. The Balaban J connectivity index is 0.00000289. The van der Waals surface area contributed by atoms with Crippen LogP contribution in [0.4, 0.5) is 0 Å². The van der Waals surface area contributed by atoms with E-state index in [1.165, 1.54) is 19.1 Å². The summed E-state index contributed by atoms with van der Waals surface area (Å²) in [5.41, 5.74) is -0.0721. The monoisotopic (exact) mass is 345 g/mol. The SMILES string of the molecule is CC(=O)Oc1ccc(C(=O)O)cc1OC(C)=O.[Ag]. The van der Waals surface area contributed by atoms with Crippen LogP contribution in [0.1, 0.15) is 24.2 Å². The fourth-order valence-electron chi connectivity index (χ4n) is 1.11. The molecule has 0 fully saturated rings. The Morgan fingerprint density at radius 3 is 1.94 bits per heavy atom. The summed E-state index contributed by atoms with van der Waals surface area (Å²) in [5.74, 6) is -2.51. The van der Waals surface area contributed by atoms with Crippen molar-refractivity contribution in [2.24, 2.45) is 0 Å². The third kappa shape index (κ3) is 4.70. The Morgan fingerprint density at radius 1 is 1.00 bits per heavy atom. The fourth-order valence-corrected chi connectivity index (χ4v) is 1.11. The van der Waals surface area contributed by atoms with Gasteiger partial charge in [0.1, 0.15) is 0 Å². The summed E-state index contributed by atoms with van der Waals surface area (Å²) in [7, 11) is 0. The molecule has 0 amide bonds. The van der Waals surface area contributed by atoms with Gasteiger partial charge >= 0.3 is 17.9 Å². The molecule has 0 spiro atoms. The molecule has 101 valence electrons. The number of carbonyl (C=O) groups excluding carboxylic acids is 2. The molecule has 0 aromatic heterocycles. The minimum Gasteiger partial charge on any atom is -0.478 e.